The molecule has 2 aromatic carbocycles. The van der Waals surface area contributed by atoms with Gasteiger partial charge in [-0.25, -0.2) is 18.2 Å². The molecule has 11 heteroatoms. The van der Waals surface area contributed by atoms with Crippen molar-refractivity contribution in [1.82, 2.24) is 10.3 Å². The van der Waals surface area contributed by atoms with Crippen LogP contribution in [-0.2, 0) is 11.2 Å². The van der Waals surface area contributed by atoms with Crippen LogP contribution in [0.4, 0.5) is 24.7 Å². The number of nitrogens with one attached hydrogen (secondary N) is 3. The summed E-state index contributed by atoms with van der Waals surface area (Å²) in [7, 11) is 0. The normalized spacial score (nSPS) is 22.3. The van der Waals surface area contributed by atoms with Crippen molar-refractivity contribution < 1.29 is 32.5 Å². The number of amides is 1. The number of benzene rings is 2. The van der Waals surface area contributed by atoms with Crippen LogP contribution in [0.5, 0.6) is 17.2 Å². The Bertz CT molecular complexity index is 1350. The van der Waals surface area contributed by atoms with Gasteiger partial charge in [0, 0.05) is 29.7 Å². The van der Waals surface area contributed by atoms with Gasteiger partial charge < -0.3 is 25.2 Å². The molecule has 1 unspecified atom stereocenters. The molecule has 0 spiro atoms. The molecule has 1 saturated carbocycles. The number of hydrogen-bond acceptors (Lipinski definition) is 7. The number of aromatic nitrogens is 1. The Hall–Kier alpha value is -3.83. The van der Waals surface area contributed by atoms with E-state index in [1.54, 1.807) is 24.4 Å². The van der Waals surface area contributed by atoms with E-state index in [1.165, 1.54) is 0 Å². The monoisotopic (exact) mass is 484 g/mol. The molecular weight excluding hydrogens is 465 g/mol. The fourth-order valence-corrected chi connectivity index (χ4v) is 4.59. The van der Waals surface area contributed by atoms with Gasteiger partial charge in [-0.2, -0.15) is 0 Å². The smallest absolute Gasteiger partial charge is 0.225 e. The molecule has 3 heterocycles. The number of aliphatic hydroxyl groups is 1. The maximum Gasteiger partial charge on any atom is 0.225 e. The third-order valence-electron chi connectivity index (χ3n) is 6.34. The highest BCUT2D eigenvalue weighted by Crippen LogP contribution is 2.54. The number of anilines is 2. The van der Waals surface area contributed by atoms with Crippen molar-refractivity contribution >= 4 is 17.4 Å². The minimum absolute atomic E-state index is 0.0783. The number of ether oxygens (including phenoxy) is 2. The number of fused-ring (bicyclic) bond motifs is 4. The van der Waals surface area contributed by atoms with Crippen molar-refractivity contribution in [3.63, 3.8) is 0 Å². The number of carbonyl (C=O) groups is 1. The third-order valence-corrected chi connectivity index (χ3v) is 6.34. The second-order valence-corrected chi connectivity index (χ2v) is 8.56. The SMILES string of the molecule is O=C1CCc2c(Oc3ccc4c(c3)[C@H]3[C@H](NC(O)Nc5ccc(F)c(F)c5F)[C@H]3O4)ccnc2N1. The largest absolute Gasteiger partial charge is 0.488 e. The number of carbonyl (C=O) groups excluding carboxylic acids is 1. The van der Waals surface area contributed by atoms with Crippen LogP contribution in [0.15, 0.2) is 42.6 Å². The first-order valence-electron chi connectivity index (χ1n) is 11.0. The van der Waals surface area contributed by atoms with Crippen LogP contribution in [0.2, 0.25) is 0 Å². The number of nitrogens with zero attached hydrogens (tertiary/aromatic N) is 1. The van der Waals surface area contributed by atoms with Crippen molar-refractivity contribution in [3.05, 3.63) is 71.2 Å². The first-order chi connectivity index (χ1) is 16.9. The summed E-state index contributed by atoms with van der Waals surface area (Å²) >= 11 is 0. The fourth-order valence-electron chi connectivity index (χ4n) is 4.59. The lowest BCUT2D eigenvalue weighted by Gasteiger charge is -2.19. The number of hydrogen-bond donors (Lipinski definition) is 4. The summed E-state index contributed by atoms with van der Waals surface area (Å²) in [5.74, 6) is -2.14. The van der Waals surface area contributed by atoms with Gasteiger partial charge in [-0.15, -0.1) is 0 Å². The third kappa shape index (κ3) is 3.82. The molecule has 8 nitrogen and oxygen atoms in total. The standard InChI is InChI=1S/C24H19F3N4O4/c25-13-3-4-14(20(27)19(13)26)29-24(33)31-21-18-12-9-10(1-5-15(12)35-22(18)21)34-16-7-8-28-23-11(16)2-6-17(32)30-23/h1,3-5,7-9,18,21-22,24,29,31,33H,2,6H2,(H,28,30,32)/t18-,21-,22-,24?/m0/s1. The van der Waals surface area contributed by atoms with Gasteiger partial charge in [0.2, 0.25) is 5.91 Å². The summed E-state index contributed by atoms with van der Waals surface area (Å²) in [4.78, 5) is 15.8. The highest BCUT2D eigenvalue weighted by Gasteiger charge is 2.59. The van der Waals surface area contributed by atoms with E-state index in [1.807, 2.05) is 6.07 Å². The Labute approximate surface area is 197 Å². The second kappa shape index (κ2) is 8.14. The van der Waals surface area contributed by atoms with E-state index in [2.05, 4.69) is 20.9 Å². The average Bonchev–Trinajstić information content (AvgIpc) is 3.35. The number of aliphatic hydroxyl groups excluding tert-OH is 1. The van der Waals surface area contributed by atoms with Gasteiger partial charge in [-0.1, -0.05) is 0 Å². The maximum atomic E-state index is 13.9. The molecule has 2 aliphatic heterocycles. The maximum absolute atomic E-state index is 13.9. The molecule has 0 radical (unpaired) electrons. The quantitative estimate of drug-likeness (QED) is 0.314. The highest BCUT2D eigenvalue weighted by atomic mass is 19.2. The van der Waals surface area contributed by atoms with Crippen LogP contribution in [0.3, 0.4) is 0 Å². The molecular formula is C24H19F3N4O4. The lowest BCUT2D eigenvalue weighted by Crippen LogP contribution is -2.40. The van der Waals surface area contributed by atoms with E-state index in [0.717, 1.165) is 23.3 Å². The summed E-state index contributed by atoms with van der Waals surface area (Å²) in [6.45, 7) is 0. The zero-order chi connectivity index (χ0) is 24.3. The van der Waals surface area contributed by atoms with Crippen molar-refractivity contribution in [3.8, 4) is 17.2 Å². The number of halogens is 3. The van der Waals surface area contributed by atoms with Gasteiger partial charge in [0.05, 0.1) is 11.7 Å². The first-order valence-corrected chi connectivity index (χ1v) is 11.0. The molecule has 3 aromatic rings. The van der Waals surface area contributed by atoms with Gasteiger partial charge in [-0.05, 0) is 42.8 Å². The average molecular weight is 484 g/mol. The van der Waals surface area contributed by atoms with E-state index in [0.29, 0.717) is 35.9 Å². The van der Waals surface area contributed by atoms with E-state index >= 15 is 0 Å². The molecule has 1 amide bonds. The Morgan fingerprint density at radius 1 is 1.14 bits per heavy atom. The summed E-state index contributed by atoms with van der Waals surface area (Å²) < 4.78 is 52.4. The molecule has 0 saturated heterocycles. The van der Waals surface area contributed by atoms with E-state index in [-0.39, 0.29) is 29.7 Å². The molecule has 1 aromatic heterocycles. The first kappa shape index (κ1) is 21.7. The topological polar surface area (TPSA) is 105 Å². The van der Waals surface area contributed by atoms with E-state index < -0.39 is 23.8 Å². The fraction of sp³-hybridized carbons (Fsp3) is 0.250. The van der Waals surface area contributed by atoms with E-state index in [9.17, 15) is 23.1 Å². The predicted octanol–water partition coefficient (Wildman–Crippen LogP) is 3.38. The van der Waals surface area contributed by atoms with Gasteiger partial charge in [0.1, 0.15) is 29.2 Å². The predicted molar refractivity (Wildman–Crippen MR) is 118 cm³/mol. The van der Waals surface area contributed by atoms with Gasteiger partial charge in [0.25, 0.3) is 0 Å². The van der Waals surface area contributed by atoms with Crippen LogP contribution in [0, 0.1) is 17.5 Å². The summed E-state index contributed by atoms with van der Waals surface area (Å²) in [5.41, 5.74) is 1.34. The summed E-state index contributed by atoms with van der Waals surface area (Å²) in [5, 5.41) is 18.3. The second-order valence-electron chi connectivity index (χ2n) is 8.56. The Morgan fingerprint density at radius 3 is 2.86 bits per heavy atom. The number of pyridine rings is 1. The molecule has 6 rings (SSSR count). The zero-order valence-corrected chi connectivity index (χ0v) is 18.0. The van der Waals surface area contributed by atoms with E-state index in [4.69, 9.17) is 9.47 Å². The number of rotatable bonds is 6. The van der Waals surface area contributed by atoms with Crippen LogP contribution in [0.1, 0.15) is 23.5 Å². The lowest BCUT2D eigenvalue weighted by atomic mass is 10.1. The van der Waals surface area contributed by atoms with Crippen molar-refractivity contribution in [2.24, 2.45) is 0 Å². The minimum Gasteiger partial charge on any atom is -0.488 e. The highest BCUT2D eigenvalue weighted by molar-refractivity contribution is 5.93. The van der Waals surface area contributed by atoms with Crippen molar-refractivity contribution in [2.75, 3.05) is 10.6 Å². The Morgan fingerprint density at radius 2 is 2.00 bits per heavy atom. The van der Waals surface area contributed by atoms with Gasteiger partial charge in [-0.3, -0.25) is 10.1 Å². The molecule has 180 valence electrons. The molecule has 4 atom stereocenters. The summed E-state index contributed by atoms with van der Waals surface area (Å²) in [6, 6.07) is 8.67. The Kier molecular flexibility index (Phi) is 5.04. The zero-order valence-electron chi connectivity index (χ0n) is 18.0. The van der Waals surface area contributed by atoms with Crippen LogP contribution in [-0.4, -0.2) is 34.5 Å². The lowest BCUT2D eigenvalue weighted by molar-refractivity contribution is -0.116. The van der Waals surface area contributed by atoms with Crippen molar-refractivity contribution in [2.45, 2.75) is 37.3 Å². The summed E-state index contributed by atoms with van der Waals surface area (Å²) in [6.07, 6.45) is 0.788. The molecule has 3 aliphatic rings. The van der Waals surface area contributed by atoms with Crippen LogP contribution >= 0.6 is 0 Å². The minimum atomic E-state index is -1.62. The molecule has 1 aliphatic carbocycles. The van der Waals surface area contributed by atoms with Crippen LogP contribution < -0.4 is 25.4 Å². The Balaban J connectivity index is 1.14. The van der Waals surface area contributed by atoms with Gasteiger partial charge in [0.15, 0.2) is 23.8 Å². The molecule has 1 fully saturated rings. The molecule has 4 N–H and O–H groups in total. The molecule has 0 bridgehead atoms. The van der Waals surface area contributed by atoms with Crippen molar-refractivity contribution in [1.29, 1.82) is 0 Å². The van der Waals surface area contributed by atoms with Crippen LogP contribution in [0.25, 0.3) is 0 Å². The molecule has 35 heavy (non-hydrogen) atoms. The van der Waals surface area contributed by atoms with Gasteiger partial charge >= 0.3 is 0 Å².